The third-order valence-electron chi connectivity index (χ3n) is 3.53. The van der Waals surface area contributed by atoms with Crippen molar-refractivity contribution >= 4 is 17.6 Å². The average molecular weight is 305 g/mol. The number of nitrogens with one attached hydrogen (secondary N) is 1. The number of ether oxygens (including phenoxy) is 1. The van der Waals surface area contributed by atoms with E-state index in [1.165, 1.54) is 0 Å². The number of rotatable bonds is 6. The predicted octanol–water partition coefficient (Wildman–Crippen LogP) is 3.92. The summed E-state index contributed by atoms with van der Waals surface area (Å²) in [6.07, 6.45) is 0.320. The minimum atomic E-state index is -0.792. The van der Waals surface area contributed by atoms with Gasteiger partial charge in [-0.15, -0.1) is 0 Å². The van der Waals surface area contributed by atoms with Crippen LogP contribution in [0.1, 0.15) is 50.3 Å². The second-order valence-corrected chi connectivity index (χ2v) is 6.33. The van der Waals surface area contributed by atoms with Gasteiger partial charge in [0, 0.05) is 12.1 Å². The Morgan fingerprint density at radius 2 is 1.64 bits per heavy atom. The molecule has 1 rings (SSSR count). The molecular weight excluding hydrogens is 278 g/mol. The van der Waals surface area contributed by atoms with Crippen molar-refractivity contribution in [2.24, 2.45) is 5.92 Å². The number of benzene rings is 1. The topological polar surface area (TPSA) is 55.4 Å². The Labute approximate surface area is 133 Å². The molecule has 4 heteroatoms. The minimum absolute atomic E-state index is 0.298. The zero-order valence-electron chi connectivity index (χ0n) is 14.4. The molecule has 0 aliphatic carbocycles. The lowest BCUT2D eigenvalue weighted by atomic mass is 10.0. The molecule has 1 atom stereocenters. The van der Waals surface area contributed by atoms with Gasteiger partial charge in [-0.1, -0.05) is 31.5 Å². The Hall–Kier alpha value is -1.84. The summed E-state index contributed by atoms with van der Waals surface area (Å²) < 4.78 is 5.19. The van der Waals surface area contributed by atoms with Crippen LogP contribution in [-0.2, 0) is 14.3 Å². The first-order valence-electron chi connectivity index (χ1n) is 7.79. The number of esters is 1. The quantitative estimate of drug-likeness (QED) is 0.810. The molecule has 1 aromatic rings. The lowest BCUT2D eigenvalue weighted by molar-refractivity contribution is -0.153. The van der Waals surface area contributed by atoms with Crippen molar-refractivity contribution in [3.05, 3.63) is 28.8 Å². The van der Waals surface area contributed by atoms with Crippen molar-refractivity contribution in [1.82, 2.24) is 0 Å². The number of hydrogen-bond donors (Lipinski definition) is 1. The lowest BCUT2D eigenvalue weighted by Crippen LogP contribution is -2.30. The van der Waals surface area contributed by atoms with Crippen molar-refractivity contribution in [3.8, 4) is 0 Å². The summed E-state index contributed by atoms with van der Waals surface area (Å²) in [5, 5.41) is 2.86. The van der Waals surface area contributed by atoms with Crippen LogP contribution in [0.4, 0.5) is 5.69 Å². The van der Waals surface area contributed by atoms with E-state index in [1.807, 2.05) is 46.8 Å². The standard InChI is InChI=1S/C18H27NO3/c1-11(2)7-8-16(20)22-15(6)18(21)19-17-13(4)9-12(3)10-14(17)5/h9-11,15H,7-8H2,1-6H3,(H,19,21). The maximum atomic E-state index is 12.2. The van der Waals surface area contributed by atoms with Crippen LogP contribution in [-0.4, -0.2) is 18.0 Å². The fraction of sp³-hybridized carbons (Fsp3) is 0.556. The molecule has 4 nitrogen and oxygen atoms in total. The van der Waals surface area contributed by atoms with E-state index in [-0.39, 0.29) is 11.9 Å². The van der Waals surface area contributed by atoms with Crippen molar-refractivity contribution < 1.29 is 14.3 Å². The Morgan fingerprint density at radius 3 is 2.14 bits per heavy atom. The molecule has 0 aliphatic rings. The summed E-state index contributed by atoms with van der Waals surface area (Å²) in [5.74, 6) is -0.184. The van der Waals surface area contributed by atoms with Crippen molar-refractivity contribution in [2.75, 3.05) is 5.32 Å². The summed E-state index contributed by atoms with van der Waals surface area (Å²) in [5.41, 5.74) is 3.95. The molecular formula is C18H27NO3. The molecule has 0 saturated heterocycles. The van der Waals surface area contributed by atoms with E-state index >= 15 is 0 Å². The normalized spacial score (nSPS) is 12.1. The SMILES string of the molecule is Cc1cc(C)c(NC(=O)C(C)OC(=O)CCC(C)C)c(C)c1. The van der Waals surface area contributed by atoms with Crippen LogP contribution in [0, 0.1) is 26.7 Å². The summed E-state index contributed by atoms with van der Waals surface area (Å²) >= 11 is 0. The van der Waals surface area contributed by atoms with Gasteiger partial charge in [-0.3, -0.25) is 9.59 Å². The van der Waals surface area contributed by atoms with Gasteiger partial charge in [-0.2, -0.15) is 0 Å². The highest BCUT2D eigenvalue weighted by Crippen LogP contribution is 2.22. The van der Waals surface area contributed by atoms with E-state index in [0.29, 0.717) is 12.3 Å². The average Bonchev–Trinajstić information content (AvgIpc) is 2.40. The Bertz CT molecular complexity index is 526. The number of amides is 1. The molecule has 0 saturated carbocycles. The van der Waals surface area contributed by atoms with E-state index in [0.717, 1.165) is 28.8 Å². The van der Waals surface area contributed by atoms with E-state index in [2.05, 4.69) is 5.32 Å². The van der Waals surface area contributed by atoms with E-state index < -0.39 is 6.10 Å². The van der Waals surface area contributed by atoms with E-state index in [1.54, 1.807) is 6.92 Å². The zero-order valence-corrected chi connectivity index (χ0v) is 14.4. The van der Waals surface area contributed by atoms with E-state index in [4.69, 9.17) is 4.74 Å². The van der Waals surface area contributed by atoms with Gasteiger partial charge in [0.15, 0.2) is 6.10 Å². The highest BCUT2D eigenvalue weighted by Gasteiger charge is 2.19. The fourth-order valence-corrected chi connectivity index (χ4v) is 2.32. The van der Waals surface area contributed by atoms with Crippen molar-refractivity contribution in [2.45, 2.75) is 60.5 Å². The number of hydrogen-bond acceptors (Lipinski definition) is 3. The van der Waals surface area contributed by atoms with Gasteiger partial charge < -0.3 is 10.1 Å². The van der Waals surface area contributed by atoms with Gasteiger partial charge >= 0.3 is 5.97 Å². The summed E-state index contributed by atoms with van der Waals surface area (Å²) in [4.78, 5) is 23.9. The Kier molecular flexibility index (Phi) is 6.60. The third kappa shape index (κ3) is 5.51. The Morgan fingerprint density at radius 1 is 1.09 bits per heavy atom. The van der Waals surface area contributed by atoms with Gasteiger partial charge in [-0.05, 0) is 51.2 Å². The molecule has 0 heterocycles. The lowest BCUT2D eigenvalue weighted by Gasteiger charge is -2.17. The smallest absolute Gasteiger partial charge is 0.306 e. The highest BCUT2D eigenvalue weighted by atomic mass is 16.5. The highest BCUT2D eigenvalue weighted by molar-refractivity contribution is 5.96. The largest absolute Gasteiger partial charge is 0.453 e. The van der Waals surface area contributed by atoms with Gasteiger partial charge in [-0.25, -0.2) is 0 Å². The predicted molar refractivity (Wildman–Crippen MR) is 88.9 cm³/mol. The summed E-state index contributed by atoms with van der Waals surface area (Å²) in [7, 11) is 0. The number of aryl methyl sites for hydroxylation is 3. The molecule has 0 fully saturated rings. The number of anilines is 1. The minimum Gasteiger partial charge on any atom is -0.453 e. The molecule has 0 aliphatic heterocycles. The van der Waals surface area contributed by atoms with Crippen LogP contribution in [0.15, 0.2) is 12.1 Å². The molecule has 1 aromatic carbocycles. The third-order valence-corrected chi connectivity index (χ3v) is 3.53. The Balaban J connectivity index is 2.63. The van der Waals surface area contributed by atoms with Crippen molar-refractivity contribution in [3.63, 3.8) is 0 Å². The molecule has 22 heavy (non-hydrogen) atoms. The molecule has 1 unspecified atom stereocenters. The van der Waals surface area contributed by atoms with Crippen LogP contribution in [0.25, 0.3) is 0 Å². The molecule has 122 valence electrons. The monoisotopic (exact) mass is 305 g/mol. The fourth-order valence-electron chi connectivity index (χ4n) is 2.32. The first-order valence-corrected chi connectivity index (χ1v) is 7.79. The second kappa shape index (κ2) is 7.97. The van der Waals surface area contributed by atoms with Crippen molar-refractivity contribution in [1.29, 1.82) is 0 Å². The van der Waals surface area contributed by atoms with Crippen LogP contribution >= 0.6 is 0 Å². The van der Waals surface area contributed by atoms with Crippen LogP contribution in [0.3, 0.4) is 0 Å². The molecule has 1 N–H and O–H groups in total. The molecule has 1 amide bonds. The maximum absolute atomic E-state index is 12.2. The summed E-state index contributed by atoms with van der Waals surface area (Å²) in [6.45, 7) is 11.6. The molecule has 0 spiro atoms. The first kappa shape index (κ1) is 18.2. The second-order valence-electron chi connectivity index (χ2n) is 6.33. The van der Waals surface area contributed by atoms with Gasteiger partial charge in [0.2, 0.25) is 0 Å². The van der Waals surface area contributed by atoms with Crippen LogP contribution < -0.4 is 5.32 Å². The van der Waals surface area contributed by atoms with Gasteiger partial charge in [0.1, 0.15) is 0 Å². The number of carbonyl (C=O) groups is 2. The maximum Gasteiger partial charge on any atom is 0.306 e. The molecule has 0 bridgehead atoms. The van der Waals surface area contributed by atoms with Gasteiger partial charge in [0.05, 0.1) is 0 Å². The van der Waals surface area contributed by atoms with E-state index in [9.17, 15) is 9.59 Å². The first-order chi connectivity index (χ1) is 10.2. The molecule has 0 aromatic heterocycles. The van der Waals surface area contributed by atoms with Gasteiger partial charge in [0.25, 0.3) is 5.91 Å². The molecule has 0 radical (unpaired) electrons. The summed E-state index contributed by atoms with van der Waals surface area (Å²) in [6, 6.07) is 4.03. The zero-order chi connectivity index (χ0) is 16.9. The van der Waals surface area contributed by atoms with Crippen LogP contribution in [0.2, 0.25) is 0 Å². The number of carbonyl (C=O) groups excluding carboxylic acids is 2. The van der Waals surface area contributed by atoms with Crippen LogP contribution in [0.5, 0.6) is 0 Å².